The van der Waals surface area contributed by atoms with Gasteiger partial charge in [0.2, 0.25) is 0 Å². The van der Waals surface area contributed by atoms with Crippen LogP contribution in [0.15, 0.2) is 18.2 Å². The molecule has 0 saturated carbocycles. The van der Waals surface area contributed by atoms with Gasteiger partial charge in [0.1, 0.15) is 0 Å². The number of carbonyl (C=O) groups excluding carboxylic acids is 1. The third kappa shape index (κ3) is 2.87. The molecule has 0 bridgehead atoms. The van der Waals surface area contributed by atoms with Crippen LogP contribution in [0.5, 0.6) is 0 Å². The zero-order chi connectivity index (χ0) is 13.8. The second-order valence-corrected chi connectivity index (χ2v) is 4.12. The molecule has 0 aliphatic heterocycles. The van der Waals surface area contributed by atoms with E-state index in [2.05, 4.69) is 25.6 Å². The fourth-order valence-electron chi connectivity index (χ4n) is 1.60. The molecule has 2 aromatic rings. The van der Waals surface area contributed by atoms with Gasteiger partial charge < -0.3 is 10.1 Å². The second kappa shape index (κ2) is 5.47. The van der Waals surface area contributed by atoms with Gasteiger partial charge in [-0.2, -0.15) is 4.68 Å². The maximum atomic E-state index is 11.0. The highest BCUT2D eigenvalue weighted by molar-refractivity contribution is 5.66. The van der Waals surface area contributed by atoms with Crippen molar-refractivity contribution < 1.29 is 9.53 Å². The lowest BCUT2D eigenvalue weighted by atomic mass is 10.1. The molecule has 0 radical (unpaired) electrons. The minimum Gasteiger partial charge on any atom is -0.453 e. The second-order valence-electron chi connectivity index (χ2n) is 4.12. The Morgan fingerprint density at radius 1 is 1.37 bits per heavy atom. The van der Waals surface area contributed by atoms with E-state index in [9.17, 15) is 4.79 Å². The number of amides is 1. The van der Waals surface area contributed by atoms with E-state index >= 15 is 0 Å². The SMILES string of the molecule is COC(=O)NCc1nnnn1-c1ccc(C)c(C)c1. The molecule has 0 unspecified atom stereocenters. The van der Waals surface area contributed by atoms with E-state index in [-0.39, 0.29) is 6.54 Å². The Balaban J connectivity index is 2.23. The molecule has 7 heteroatoms. The van der Waals surface area contributed by atoms with Crippen molar-refractivity contribution in [3.05, 3.63) is 35.2 Å². The molecule has 0 aliphatic carbocycles. The Morgan fingerprint density at radius 3 is 2.84 bits per heavy atom. The number of ether oxygens (including phenoxy) is 1. The standard InChI is InChI=1S/C12H15N5O2/c1-8-4-5-10(6-9(8)2)17-11(14-15-16-17)7-13-12(18)19-3/h4-6H,7H2,1-3H3,(H,13,18). The predicted molar refractivity (Wildman–Crippen MR) is 67.9 cm³/mol. The van der Waals surface area contributed by atoms with E-state index < -0.39 is 6.09 Å². The number of nitrogens with zero attached hydrogens (tertiary/aromatic N) is 4. The van der Waals surface area contributed by atoms with Gasteiger partial charge in [0.25, 0.3) is 0 Å². The summed E-state index contributed by atoms with van der Waals surface area (Å²) in [4.78, 5) is 11.0. The van der Waals surface area contributed by atoms with Gasteiger partial charge in [-0.05, 0) is 47.5 Å². The van der Waals surface area contributed by atoms with Crippen LogP contribution >= 0.6 is 0 Å². The van der Waals surface area contributed by atoms with Crippen LogP contribution in [0.4, 0.5) is 4.79 Å². The molecule has 2 rings (SSSR count). The topological polar surface area (TPSA) is 81.9 Å². The monoisotopic (exact) mass is 261 g/mol. The summed E-state index contributed by atoms with van der Waals surface area (Å²) in [6.45, 7) is 4.26. The summed E-state index contributed by atoms with van der Waals surface area (Å²) < 4.78 is 6.09. The summed E-state index contributed by atoms with van der Waals surface area (Å²) in [6, 6.07) is 5.93. The molecule has 0 spiro atoms. The minimum absolute atomic E-state index is 0.201. The van der Waals surface area contributed by atoms with Crippen LogP contribution in [0.25, 0.3) is 5.69 Å². The maximum absolute atomic E-state index is 11.0. The molecule has 1 heterocycles. The van der Waals surface area contributed by atoms with Gasteiger partial charge in [-0.1, -0.05) is 6.07 Å². The molecule has 7 nitrogen and oxygen atoms in total. The molecule has 100 valence electrons. The van der Waals surface area contributed by atoms with Gasteiger partial charge in [-0.15, -0.1) is 5.10 Å². The molecular weight excluding hydrogens is 246 g/mol. The fraction of sp³-hybridized carbons (Fsp3) is 0.333. The van der Waals surface area contributed by atoms with Crippen molar-refractivity contribution in [3.63, 3.8) is 0 Å². The highest BCUT2D eigenvalue weighted by atomic mass is 16.5. The quantitative estimate of drug-likeness (QED) is 0.895. The van der Waals surface area contributed by atoms with Gasteiger partial charge in [0.15, 0.2) is 5.82 Å². The average Bonchev–Trinajstić information content (AvgIpc) is 2.87. The van der Waals surface area contributed by atoms with Crippen LogP contribution in [0.3, 0.4) is 0 Å². The van der Waals surface area contributed by atoms with Crippen molar-refractivity contribution in [2.75, 3.05) is 7.11 Å². The van der Waals surface area contributed by atoms with E-state index in [0.29, 0.717) is 5.82 Å². The summed E-state index contributed by atoms with van der Waals surface area (Å²) in [7, 11) is 1.31. The molecule has 1 aromatic carbocycles. The largest absolute Gasteiger partial charge is 0.453 e. The number of carbonyl (C=O) groups is 1. The van der Waals surface area contributed by atoms with Crippen molar-refractivity contribution in [1.82, 2.24) is 25.5 Å². The van der Waals surface area contributed by atoms with Crippen molar-refractivity contribution in [3.8, 4) is 5.69 Å². The van der Waals surface area contributed by atoms with Gasteiger partial charge in [-0.25, -0.2) is 4.79 Å². The molecular formula is C12H15N5O2. The third-order valence-electron chi connectivity index (χ3n) is 2.85. The lowest BCUT2D eigenvalue weighted by molar-refractivity contribution is 0.170. The zero-order valence-electron chi connectivity index (χ0n) is 11.0. The van der Waals surface area contributed by atoms with Gasteiger partial charge in [0.05, 0.1) is 19.3 Å². The normalized spacial score (nSPS) is 10.3. The summed E-state index contributed by atoms with van der Waals surface area (Å²) in [5.74, 6) is 0.536. The number of aromatic nitrogens is 4. The van der Waals surface area contributed by atoms with E-state index in [1.165, 1.54) is 12.7 Å². The summed E-state index contributed by atoms with van der Waals surface area (Å²) >= 11 is 0. The van der Waals surface area contributed by atoms with Crippen LogP contribution in [0.1, 0.15) is 17.0 Å². The van der Waals surface area contributed by atoms with Crippen molar-refractivity contribution >= 4 is 6.09 Å². The average molecular weight is 261 g/mol. The Bertz CT molecular complexity index is 594. The Labute approximate surface area is 110 Å². The van der Waals surface area contributed by atoms with E-state index in [4.69, 9.17) is 0 Å². The first kappa shape index (κ1) is 13.0. The minimum atomic E-state index is -0.519. The van der Waals surface area contributed by atoms with Crippen molar-refractivity contribution in [1.29, 1.82) is 0 Å². The van der Waals surface area contributed by atoms with E-state index in [0.717, 1.165) is 11.3 Å². The van der Waals surface area contributed by atoms with Gasteiger partial charge >= 0.3 is 6.09 Å². The number of benzene rings is 1. The number of alkyl carbamates (subject to hydrolysis) is 1. The smallest absolute Gasteiger partial charge is 0.407 e. The molecule has 0 saturated heterocycles. The van der Waals surface area contributed by atoms with E-state index in [1.54, 1.807) is 4.68 Å². The van der Waals surface area contributed by atoms with Crippen LogP contribution in [0, 0.1) is 13.8 Å². The first-order valence-corrected chi connectivity index (χ1v) is 5.78. The molecule has 1 aromatic heterocycles. The highest BCUT2D eigenvalue weighted by Gasteiger charge is 2.10. The lowest BCUT2D eigenvalue weighted by Crippen LogP contribution is -2.24. The van der Waals surface area contributed by atoms with Crippen LogP contribution in [-0.2, 0) is 11.3 Å². The summed E-state index contributed by atoms with van der Waals surface area (Å²) in [6.07, 6.45) is -0.519. The Morgan fingerprint density at radius 2 is 2.16 bits per heavy atom. The molecule has 1 N–H and O–H groups in total. The van der Waals surface area contributed by atoms with E-state index in [1.807, 2.05) is 32.0 Å². The first-order valence-electron chi connectivity index (χ1n) is 5.78. The summed E-state index contributed by atoms with van der Waals surface area (Å²) in [5.41, 5.74) is 3.21. The molecule has 0 fully saturated rings. The number of aryl methyl sites for hydroxylation is 2. The predicted octanol–water partition coefficient (Wildman–Crippen LogP) is 1.14. The first-order chi connectivity index (χ1) is 9.11. The molecule has 19 heavy (non-hydrogen) atoms. The fourth-order valence-corrected chi connectivity index (χ4v) is 1.60. The van der Waals surface area contributed by atoms with Gasteiger partial charge in [-0.3, -0.25) is 0 Å². The third-order valence-corrected chi connectivity index (χ3v) is 2.85. The van der Waals surface area contributed by atoms with Crippen LogP contribution in [-0.4, -0.2) is 33.4 Å². The molecule has 1 amide bonds. The Kier molecular flexibility index (Phi) is 3.74. The van der Waals surface area contributed by atoms with Crippen LogP contribution in [0.2, 0.25) is 0 Å². The molecule has 0 atom stereocenters. The number of hydrogen-bond donors (Lipinski definition) is 1. The van der Waals surface area contributed by atoms with Gasteiger partial charge in [0, 0.05) is 0 Å². The zero-order valence-corrected chi connectivity index (χ0v) is 11.0. The Hall–Kier alpha value is -2.44. The number of nitrogens with one attached hydrogen (secondary N) is 1. The van der Waals surface area contributed by atoms with Crippen LogP contribution < -0.4 is 5.32 Å². The van der Waals surface area contributed by atoms with Crippen molar-refractivity contribution in [2.45, 2.75) is 20.4 Å². The lowest BCUT2D eigenvalue weighted by Gasteiger charge is -2.07. The molecule has 0 aliphatic rings. The maximum Gasteiger partial charge on any atom is 0.407 e. The van der Waals surface area contributed by atoms with Crippen molar-refractivity contribution in [2.24, 2.45) is 0 Å². The number of hydrogen-bond acceptors (Lipinski definition) is 5. The number of methoxy groups -OCH3 is 1. The number of rotatable bonds is 3. The number of tetrazole rings is 1. The summed E-state index contributed by atoms with van der Waals surface area (Å²) in [5, 5.41) is 14.0. The highest BCUT2D eigenvalue weighted by Crippen LogP contribution is 2.13.